The van der Waals surface area contributed by atoms with E-state index in [0.29, 0.717) is 0 Å². The SMILES string of the molecule is O=C(NCCOCC(F)F)c1ccc(C(=O)O)nc1. The highest BCUT2D eigenvalue weighted by Gasteiger charge is 2.08. The largest absolute Gasteiger partial charge is 0.477 e. The molecule has 0 unspecified atom stereocenters. The van der Waals surface area contributed by atoms with E-state index in [1.807, 2.05) is 0 Å². The summed E-state index contributed by atoms with van der Waals surface area (Å²) in [6, 6.07) is 2.51. The van der Waals surface area contributed by atoms with E-state index in [9.17, 15) is 18.4 Å². The molecule has 0 aliphatic rings. The van der Waals surface area contributed by atoms with Crippen LogP contribution in [-0.2, 0) is 4.74 Å². The molecule has 1 rings (SSSR count). The van der Waals surface area contributed by atoms with E-state index in [1.54, 1.807) is 0 Å². The van der Waals surface area contributed by atoms with Crippen molar-refractivity contribution in [3.8, 4) is 0 Å². The van der Waals surface area contributed by atoms with E-state index in [1.165, 1.54) is 12.1 Å². The average molecular weight is 274 g/mol. The number of alkyl halides is 2. The molecule has 0 bridgehead atoms. The molecule has 1 aromatic rings. The van der Waals surface area contributed by atoms with E-state index < -0.39 is 24.9 Å². The quantitative estimate of drug-likeness (QED) is 0.718. The maximum atomic E-state index is 11.7. The number of aromatic carboxylic acids is 1. The minimum absolute atomic E-state index is 0.0310. The third-order valence-corrected chi connectivity index (χ3v) is 2.02. The molecule has 2 N–H and O–H groups in total. The topological polar surface area (TPSA) is 88.5 Å². The summed E-state index contributed by atoms with van der Waals surface area (Å²) < 4.78 is 28.0. The zero-order chi connectivity index (χ0) is 14.3. The van der Waals surface area contributed by atoms with Crippen LogP contribution in [0.15, 0.2) is 18.3 Å². The van der Waals surface area contributed by atoms with Gasteiger partial charge in [0.25, 0.3) is 12.3 Å². The third-order valence-electron chi connectivity index (χ3n) is 2.02. The lowest BCUT2D eigenvalue weighted by atomic mass is 10.2. The van der Waals surface area contributed by atoms with Gasteiger partial charge in [-0.05, 0) is 12.1 Å². The van der Waals surface area contributed by atoms with Crippen molar-refractivity contribution >= 4 is 11.9 Å². The first kappa shape index (κ1) is 15.0. The van der Waals surface area contributed by atoms with Gasteiger partial charge in [-0.3, -0.25) is 4.79 Å². The predicted octanol–water partition coefficient (Wildman–Crippen LogP) is 0.791. The van der Waals surface area contributed by atoms with Crippen LogP contribution in [0.2, 0.25) is 0 Å². The lowest BCUT2D eigenvalue weighted by Gasteiger charge is -2.06. The van der Waals surface area contributed by atoms with Gasteiger partial charge < -0.3 is 15.2 Å². The number of carboxylic acid groups (broad SMARTS) is 1. The zero-order valence-corrected chi connectivity index (χ0v) is 9.81. The Morgan fingerprint density at radius 3 is 2.68 bits per heavy atom. The van der Waals surface area contributed by atoms with Crippen LogP contribution in [0, 0.1) is 0 Å². The molecule has 0 spiro atoms. The summed E-state index contributed by atoms with van der Waals surface area (Å²) in [6.07, 6.45) is -1.41. The number of carboxylic acids is 1. The number of amides is 1. The lowest BCUT2D eigenvalue weighted by Crippen LogP contribution is -2.28. The van der Waals surface area contributed by atoms with E-state index in [4.69, 9.17) is 5.11 Å². The van der Waals surface area contributed by atoms with Crippen molar-refractivity contribution in [3.05, 3.63) is 29.6 Å². The first-order chi connectivity index (χ1) is 9.00. The Balaban J connectivity index is 2.35. The van der Waals surface area contributed by atoms with Gasteiger partial charge in [-0.1, -0.05) is 0 Å². The Morgan fingerprint density at radius 1 is 1.42 bits per heavy atom. The van der Waals surface area contributed by atoms with Gasteiger partial charge in [-0.25, -0.2) is 18.6 Å². The summed E-state index contributed by atoms with van der Waals surface area (Å²) in [4.78, 5) is 25.6. The van der Waals surface area contributed by atoms with Crippen molar-refractivity contribution in [1.82, 2.24) is 10.3 Å². The van der Waals surface area contributed by atoms with Crippen LogP contribution in [0.5, 0.6) is 0 Å². The molecule has 0 fully saturated rings. The Morgan fingerprint density at radius 2 is 2.16 bits per heavy atom. The first-order valence-corrected chi connectivity index (χ1v) is 5.34. The molecule has 8 heteroatoms. The van der Waals surface area contributed by atoms with Crippen LogP contribution < -0.4 is 5.32 Å². The van der Waals surface area contributed by atoms with Crippen LogP contribution >= 0.6 is 0 Å². The van der Waals surface area contributed by atoms with E-state index in [2.05, 4.69) is 15.0 Å². The third kappa shape index (κ3) is 5.38. The highest BCUT2D eigenvalue weighted by Crippen LogP contribution is 2.00. The van der Waals surface area contributed by atoms with Crippen molar-refractivity contribution in [2.24, 2.45) is 0 Å². The van der Waals surface area contributed by atoms with Gasteiger partial charge in [0, 0.05) is 12.7 Å². The van der Waals surface area contributed by atoms with E-state index >= 15 is 0 Å². The Labute approximate surface area is 107 Å². The fraction of sp³-hybridized carbons (Fsp3) is 0.364. The van der Waals surface area contributed by atoms with Crippen LogP contribution in [0.25, 0.3) is 0 Å². The maximum absolute atomic E-state index is 11.7. The summed E-state index contributed by atoms with van der Waals surface area (Å²) in [6.45, 7) is -0.631. The second-order valence-corrected chi connectivity index (χ2v) is 3.46. The fourth-order valence-corrected chi connectivity index (χ4v) is 1.17. The molecule has 0 saturated heterocycles. The van der Waals surface area contributed by atoms with Crippen molar-refractivity contribution < 1.29 is 28.2 Å². The molecule has 104 valence electrons. The molecule has 0 atom stereocenters. The highest BCUT2D eigenvalue weighted by atomic mass is 19.3. The number of ether oxygens (including phenoxy) is 1. The Bertz CT molecular complexity index is 437. The molecule has 0 radical (unpaired) electrons. The lowest BCUT2D eigenvalue weighted by molar-refractivity contribution is 0.0188. The summed E-state index contributed by atoms with van der Waals surface area (Å²) in [5, 5.41) is 11.0. The van der Waals surface area contributed by atoms with Crippen molar-refractivity contribution in [2.45, 2.75) is 6.43 Å². The maximum Gasteiger partial charge on any atom is 0.354 e. The zero-order valence-electron chi connectivity index (χ0n) is 9.81. The summed E-state index contributed by atoms with van der Waals surface area (Å²) in [5.74, 6) is -1.67. The van der Waals surface area contributed by atoms with Gasteiger partial charge in [-0.15, -0.1) is 0 Å². The number of nitrogens with zero attached hydrogens (tertiary/aromatic N) is 1. The number of carbonyl (C=O) groups is 2. The Hall–Kier alpha value is -2.09. The number of hydrogen-bond acceptors (Lipinski definition) is 4. The number of carbonyl (C=O) groups excluding carboxylic acids is 1. The molecule has 6 nitrogen and oxygen atoms in total. The van der Waals surface area contributed by atoms with Gasteiger partial charge >= 0.3 is 5.97 Å². The molecule has 0 saturated carbocycles. The number of pyridine rings is 1. The highest BCUT2D eigenvalue weighted by molar-refractivity contribution is 5.94. The number of rotatable bonds is 7. The monoisotopic (exact) mass is 274 g/mol. The van der Waals surface area contributed by atoms with Gasteiger partial charge in [-0.2, -0.15) is 0 Å². The molecule has 1 amide bonds. The van der Waals surface area contributed by atoms with Crippen molar-refractivity contribution in [1.29, 1.82) is 0 Å². The van der Waals surface area contributed by atoms with Gasteiger partial charge in [0.05, 0.1) is 12.2 Å². The van der Waals surface area contributed by atoms with Crippen LogP contribution in [0.4, 0.5) is 8.78 Å². The van der Waals surface area contributed by atoms with Crippen LogP contribution in [0.1, 0.15) is 20.8 Å². The summed E-state index contributed by atoms with van der Waals surface area (Å²) in [5.41, 5.74) is 0.00989. The second kappa shape index (κ2) is 7.37. The first-order valence-electron chi connectivity index (χ1n) is 5.34. The summed E-state index contributed by atoms with van der Waals surface area (Å²) in [7, 11) is 0. The fourth-order valence-electron chi connectivity index (χ4n) is 1.17. The molecule has 0 aromatic carbocycles. The molecule has 19 heavy (non-hydrogen) atoms. The number of aromatic nitrogens is 1. The Kier molecular flexibility index (Phi) is 5.80. The molecule has 1 heterocycles. The van der Waals surface area contributed by atoms with Crippen LogP contribution in [0.3, 0.4) is 0 Å². The predicted molar refractivity (Wildman–Crippen MR) is 60.4 cm³/mol. The molecule has 1 aromatic heterocycles. The minimum Gasteiger partial charge on any atom is -0.477 e. The van der Waals surface area contributed by atoms with Crippen LogP contribution in [-0.4, -0.2) is 48.2 Å². The normalized spacial score (nSPS) is 10.5. The smallest absolute Gasteiger partial charge is 0.354 e. The van der Waals surface area contributed by atoms with E-state index in [-0.39, 0.29) is 24.4 Å². The number of hydrogen-bond donors (Lipinski definition) is 2. The van der Waals surface area contributed by atoms with E-state index in [0.717, 1.165) is 6.20 Å². The summed E-state index contributed by atoms with van der Waals surface area (Å²) >= 11 is 0. The van der Waals surface area contributed by atoms with Gasteiger partial charge in [0.1, 0.15) is 12.3 Å². The average Bonchev–Trinajstić information content (AvgIpc) is 2.37. The molecule has 0 aliphatic heterocycles. The standard InChI is InChI=1S/C11H12F2N2O4/c12-9(13)6-19-4-3-14-10(16)7-1-2-8(11(17)18)15-5-7/h1-2,5,9H,3-4,6H2,(H,14,16)(H,17,18). The molecule has 0 aliphatic carbocycles. The van der Waals surface area contributed by atoms with Gasteiger partial charge in [0.2, 0.25) is 0 Å². The number of halogens is 2. The van der Waals surface area contributed by atoms with Crippen molar-refractivity contribution in [2.75, 3.05) is 19.8 Å². The molecular formula is C11H12F2N2O4. The van der Waals surface area contributed by atoms with Gasteiger partial charge in [0.15, 0.2) is 0 Å². The minimum atomic E-state index is -2.54. The molecular weight excluding hydrogens is 262 g/mol. The number of nitrogens with one attached hydrogen (secondary N) is 1. The second-order valence-electron chi connectivity index (χ2n) is 3.46. The van der Waals surface area contributed by atoms with Crippen molar-refractivity contribution in [3.63, 3.8) is 0 Å².